The van der Waals surface area contributed by atoms with Crippen LogP contribution in [0.4, 0.5) is 5.69 Å². The van der Waals surface area contributed by atoms with Gasteiger partial charge in [0.2, 0.25) is 0 Å². The number of nitrogens with two attached hydrogens (primary N) is 1. The van der Waals surface area contributed by atoms with Crippen LogP contribution in [0.1, 0.15) is 5.56 Å². The third kappa shape index (κ3) is 1.41. The van der Waals surface area contributed by atoms with E-state index in [1.807, 2.05) is 12.1 Å². The standard InChI is InChI=1S/C9H5BrN2S/c10-9-3-6-7(12)1-5(4-11)2-8(6)13-9/h1-3H,12H2. The van der Waals surface area contributed by atoms with Crippen LogP contribution in [0.25, 0.3) is 10.1 Å². The quantitative estimate of drug-likeness (QED) is 0.733. The van der Waals surface area contributed by atoms with Crippen LogP contribution in [0.3, 0.4) is 0 Å². The highest BCUT2D eigenvalue weighted by Crippen LogP contribution is 2.33. The molecule has 0 amide bonds. The van der Waals surface area contributed by atoms with Gasteiger partial charge in [0.05, 0.1) is 15.4 Å². The summed E-state index contributed by atoms with van der Waals surface area (Å²) in [7, 11) is 0. The molecule has 0 unspecified atom stereocenters. The number of anilines is 1. The molecule has 1 heterocycles. The van der Waals surface area contributed by atoms with Crippen LogP contribution >= 0.6 is 27.3 Å². The normalized spacial score (nSPS) is 10.2. The summed E-state index contributed by atoms with van der Waals surface area (Å²) in [5.41, 5.74) is 7.05. The Labute approximate surface area is 87.7 Å². The number of fused-ring (bicyclic) bond motifs is 1. The second kappa shape index (κ2) is 3.02. The third-order valence-electron chi connectivity index (χ3n) is 1.77. The minimum absolute atomic E-state index is 0.611. The molecule has 0 saturated carbocycles. The summed E-state index contributed by atoms with van der Waals surface area (Å²) >= 11 is 4.97. The fraction of sp³-hybridized carbons (Fsp3) is 0. The number of nitrogens with zero attached hydrogens (tertiary/aromatic N) is 1. The molecule has 0 aliphatic heterocycles. The van der Waals surface area contributed by atoms with Crippen molar-refractivity contribution in [3.63, 3.8) is 0 Å². The Morgan fingerprint density at radius 1 is 1.38 bits per heavy atom. The molecule has 2 rings (SSSR count). The molecule has 2 N–H and O–H groups in total. The molecule has 0 saturated heterocycles. The van der Waals surface area contributed by atoms with E-state index in [1.165, 1.54) is 0 Å². The highest BCUT2D eigenvalue weighted by atomic mass is 79.9. The first-order valence-electron chi connectivity index (χ1n) is 3.59. The third-order valence-corrected chi connectivity index (χ3v) is 3.35. The SMILES string of the molecule is N#Cc1cc(N)c2cc(Br)sc2c1. The molecular weight excluding hydrogens is 248 g/mol. The fourth-order valence-electron chi connectivity index (χ4n) is 1.20. The summed E-state index contributed by atoms with van der Waals surface area (Å²) in [6.45, 7) is 0. The van der Waals surface area contributed by atoms with Gasteiger partial charge in [-0.3, -0.25) is 0 Å². The Balaban J connectivity index is 2.85. The zero-order valence-electron chi connectivity index (χ0n) is 6.54. The Kier molecular flexibility index (Phi) is 1.98. The Hall–Kier alpha value is -1.05. The molecule has 0 atom stereocenters. The summed E-state index contributed by atoms with van der Waals surface area (Å²) in [5, 5.41) is 9.73. The van der Waals surface area contributed by atoms with Crippen LogP contribution < -0.4 is 5.73 Å². The lowest BCUT2D eigenvalue weighted by molar-refractivity contribution is 1.50. The molecule has 1 aromatic carbocycles. The summed E-state index contributed by atoms with van der Waals surface area (Å²) in [4.78, 5) is 0. The smallest absolute Gasteiger partial charge is 0.0992 e. The van der Waals surface area contributed by atoms with Crippen LogP contribution in [0.2, 0.25) is 0 Å². The number of hydrogen-bond donors (Lipinski definition) is 1. The van der Waals surface area contributed by atoms with E-state index in [2.05, 4.69) is 22.0 Å². The molecule has 64 valence electrons. The average molecular weight is 253 g/mol. The van der Waals surface area contributed by atoms with Crippen molar-refractivity contribution in [2.24, 2.45) is 0 Å². The maximum atomic E-state index is 8.72. The van der Waals surface area contributed by atoms with Crippen molar-refractivity contribution in [3.8, 4) is 6.07 Å². The van der Waals surface area contributed by atoms with Gasteiger partial charge in [0.1, 0.15) is 0 Å². The lowest BCUT2D eigenvalue weighted by Crippen LogP contribution is -1.85. The molecule has 2 nitrogen and oxygen atoms in total. The number of halogens is 1. The highest BCUT2D eigenvalue weighted by molar-refractivity contribution is 9.11. The van der Waals surface area contributed by atoms with Crippen LogP contribution in [0.15, 0.2) is 22.0 Å². The van der Waals surface area contributed by atoms with Crippen LogP contribution in [-0.2, 0) is 0 Å². The van der Waals surface area contributed by atoms with Crippen LogP contribution in [0.5, 0.6) is 0 Å². The largest absolute Gasteiger partial charge is 0.398 e. The predicted molar refractivity (Wildman–Crippen MR) is 58.7 cm³/mol. The van der Waals surface area contributed by atoms with Crippen molar-refractivity contribution < 1.29 is 0 Å². The minimum Gasteiger partial charge on any atom is -0.398 e. The van der Waals surface area contributed by atoms with Crippen molar-refractivity contribution >= 4 is 43.0 Å². The number of nitrogen functional groups attached to an aromatic ring is 1. The van der Waals surface area contributed by atoms with Crippen molar-refractivity contribution in [3.05, 3.63) is 27.5 Å². The number of benzene rings is 1. The van der Waals surface area contributed by atoms with Gasteiger partial charge >= 0.3 is 0 Å². The number of nitriles is 1. The van der Waals surface area contributed by atoms with E-state index in [4.69, 9.17) is 11.0 Å². The molecule has 0 aliphatic rings. The van der Waals surface area contributed by atoms with E-state index >= 15 is 0 Å². The van der Waals surface area contributed by atoms with Crippen LogP contribution in [0, 0.1) is 11.3 Å². The maximum Gasteiger partial charge on any atom is 0.0992 e. The fourth-order valence-corrected chi connectivity index (χ4v) is 2.81. The molecule has 0 fully saturated rings. The van der Waals surface area contributed by atoms with Crippen molar-refractivity contribution in [2.45, 2.75) is 0 Å². The van der Waals surface area contributed by atoms with Gasteiger partial charge in [-0.1, -0.05) is 0 Å². The first-order chi connectivity index (χ1) is 6.20. The van der Waals surface area contributed by atoms with Crippen LogP contribution in [-0.4, -0.2) is 0 Å². The summed E-state index contributed by atoms with van der Waals surface area (Å²) in [5.74, 6) is 0. The van der Waals surface area contributed by atoms with Gasteiger partial charge in [-0.05, 0) is 34.1 Å². The van der Waals surface area contributed by atoms with Crippen molar-refractivity contribution in [1.82, 2.24) is 0 Å². The lowest BCUT2D eigenvalue weighted by Gasteiger charge is -1.95. The second-order valence-corrected chi connectivity index (χ2v) is 5.10. The zero-order chi connectivity index (χ0) is 9.42. The van der Waals surface area contributed by atoms with Gasteiger partial charge in [-0.2, -0.15) is 5.26 Å². The van der Waals surface area contributed by atoms with E-state index < -0.39 is 0 Å². The predicted octanol–water partition coefficient (Wildman–Crippen LogP) is 3.12. The van der Waals surface area contributed by atoms with Crippen molar-refractivity contribution in [1.29, 1.82) is 5.26 Å². The van der Waals surface area contributed by atoms with Gasteiger partial charge in [-0.25, -0.2) is 0 Å². The van der Waals surface area contributed by atoms with Crippen molar-refractivity contribution in [2.75, 3.05) is 5.73 Å². The topological polar surface area (TPSA) is 49.8 Å². The van der Waals surface area contributed by atoms with Gasteiger partial charge in [0.25, 0.3) is 0 Å². The number of thiophene rings is 1. The first kappa shape index (κ1) is 8.54. The van der Waals surface area contributed by atoms with Gasteiger partial charge in [0.15, 0.2) is 0 Å². The number of hydrogen-bond acceptors (Lipinski definition) is 3. The molecule has 4 heteroatoms. The van der Waals surface area contributed by atoms with Gasteiger partial charge in [-0.15, -0.1) is 11.3 Å². The van der Waals surface area contributed by atoms with E-state index in [9.17, 15) is 0 Å². The zero-order valence-corrected chi connectivity index (χ0v) is 8.95. The van der Waals surface area contributed by atoms with E-state index in [0.29, 0.717) is 11.3 Å². The summed E-state index contributed by atoms with van der Waals surface area (Å²) < 4.78 is 2.08. The van der Waals surface area contributed by atoms with E-state index in [1.54, 1.807) is 17.4 Å². The van der Waals surface area contributed by atoms with E-state index in [-0.39, 0.29) is 0 Å². The summed E-state index contributed by atoms with van der Waals surface area (Å²) in [6.07, 6.45) is 0. The van der Waals surface area contributed by atoms with E-state index in [0.717, 1.165) is 13.9 Å². The Bertz CT molecular complexity index is 510. The molecule has 13 heavy (non-hydrogen) atoms. The molecule has 0 radical (unpaired) electrons. The number of rotatable bonds is 0. The maximum absolute atomic E-state index is 8.72. The second-order valence-electron chi connectivity index (χ2n) is 2.64. The summed E-state index contributed by atoms with van der Waals surface area (Å²) in [6, 6.07) is 7.59. The Morgan fingerprint density at radius 3 is 2.85 bits per heavy atom. The Morgan fingerprint density at radius 2 is 2.15 bits per heavy atom. The molecule has 0 bridgehead atoms. The first-order valence-corrected chi connectivity index (χ1v) is 5.20. The molecule has 1 aromatic heterocycles. The average Bonchev–Trinajstić information content (AvgIpc) is 2.46. The highest BCUT2D eigenvalue weighted by Gasteiger charge is 2.04. The minimum atomic E-state index is 0.611. The molecule has 0 spiro atoms. The monoisotopic (exact) mass is 252 g/mol. The lowest BCUT2D eigenvalue weighted by atomic mass is 10.1. The molecule has 0 aliphatic carbocycles. The van der Waals surface area contributed by atoms with Gasteiger partial charge < -0.3 is 5.73 Å². The molecule has 2 aromatic rings. The molecular formula is C9H5BrN2S. The van der Waals surface area contributed by atoms with Gasteiger partial charge in [0, 0.05) is 15.8 Å².